The van der Waals surface area contributed by atoms with Gasteiger partial charge in [0, 0.05) is 12.0 Å². The van der Waals surface area contributed by atoms with Crippen LogP contribution in [0.5, 0.6) is 0 Å². The van der Waals surface area contributed by atoms with Crippen molar-refractivity contribution < 1.29 is 9.32 Å². The van der Waals surface area contributed by atoms with Crippen LogP contribution in [-0.4, -0.2) is 37.4 Å². The maximum atomic E-state index is 12.4. The maximum Gasteiger partial charge on any atom is 0.206 e. The van der Waals surface area contributed by atoms with Gasteiger partial charge in [0.15, 0.2) is 17.2 Å². The number of nitrogens with zero attached hydrogens (tertiary/aromatic N) is 4. The van der Waals surface area contributed by atoms with Gasteiger partial charge in [-0.15, -0.1) is 11.8 Å². The molecule has 0 unspecified atom stereocenters. The molecule has 0 aliphatic carbocycles. The monoisotopic (exact) mass is 359 g/mol. The molecule has 1 N–H and O–H groups in total. The molecule has 8 heteroatoms. The van der Waals surface area contributed by atoms with E-state index in [1.807, 2.05) is 13.2 Å². The SMILES string of the molecule is CCCCc1c(-c2nc(SC)c3cn[nH]c3n2)noc1C(=O)CCC. The Kier molecular flexibility index (Phi) is 5.47. The molecule has 0 saturated heterocycles. The maximum absolute atomic E-state index is 12.4. The minimum Gasteiger partial charge on any atom is -0.352 e. The molecule has 0 aliphatic heterocycles. The normalized spacial score (nSPS) is 11.3. The summed E-state index contributed by atoms with van der Waals surface area (Å²) in [6.07, 6.45) is 7.57. The molecule has 25 heavy (non-hydrogen) atoms. The zero-order valence-corrected chi connectivity index (χ0v) is 15.4. The summed E-state index contributed by atoms with van der Waals surface area (Å²) < 4.78 is 5.42. The molecule has 0 bridgehead atoms. The average molecular weight is 359 g/mol. The molecule has 132 valence electrons. The van der Waals surface area contributed by atoms with Crippen LogP contribution in [0.1, 0.15) is 55.6 Å². The lowest BCUT2D eigenvalue weighted by molar-refractivity contribution is 0.0944. The summed E-state index contributed by atoms with van der Waals surface area (Å²) in [5.41, 5.74) is 2.02. The van der Waals surface area contributed by atoms with Crippen LogP contribution in [0.4, 0.5) is 0 Å². The van der Waals surface area contributed by atoms with Crippen molar-refractivity contribution in [2.45, 2.75) is 51.0 Å². The van der Waals surface area contributed by atoms with Gasteiger partial charge in [0.2, 0.25) is 11.5 Å². The Labute approximate surface area is 150 Å². The number of hydrogen-bond acceptors (Lipinski definition) is 7. The summed E-state index contributed by atoms with van der Waals surface area (Å²) in [5, 5.41) is 12.7. The lowest BCUT2D eigenvalue weighted by atomic mass is 10.0. The van der Waals surface area contributed by atoms with E-state index in [1.165, 1.54) is 11.8 Å². The zero-order chi connectivity index (χ0) is 17.8. The number of nitrogens with one attached hydrogen (secondary N) is 1. The fourth-order valence-electron chi connectivity index (χ4n) is 2.70. The van der Waals surface area contributed by atoms with Crippen LogP contribution in [0, 0.1) is 0 Å². The van der Waals surface area contributed by atoms with E-state index in [-0.39, 0.29) is 5.78 Å². The molecule has 0 atom stereocenters. The lowest BCUT2D eigenvalue weighted by Crippen LogP contribution is -2.02. The van der Waals surface area contributed by atoms with Gasteiger partial charge in [0.1, 0.15) is 5.03 Å². The zero-order valence-electron chi connectivity index (χ0n) is 14.6. The third-order valence-electron chi connectivity index (χ3n) is 3.98. The fraction of sp³-hybridized carbons (Fsp3) is 0.471. The number of H-pyrrole nitrogens is 1. The van der Waals surface area contributed by atoms with Crippen molar-refractivity contribution in [2.75, 3.05) is 6.26 Å². The second-order valence-corrected chi connectivity index (χ2v) is 6.60. The van der Waals surface area contributed by atoms with E-state index in [1.54, 1.807) is 6.20 Å². The second-order valence-electron chi connectivity index (χ2n) is 5.80. The van der Waals surface area contributed by atoms with Gasteiger partial charge in [0.25, 0.3) is 0 Å². The number of fused-ring (bicyclic) bond motifs is 1. The molecule has 0 fully saturated rings. The van der Waals surface area contributed by atoms with E-state index in [9.17, 15) is 4.79 Å². The Hall–Kier alpha value is -2.22. The molecule has 0 aliphatic rings. The van der Waals surface area contributed by atoms with Crippen LogP contribution in [0.25, 0.3) is 22.6 Å². The van der Waals surface area contributed by atoms with Crippen molar-refractivity contribution >= 4 is 28.6 Å². The minimum atomic E-state index is -0.0138. The molecular formula is C17H21N5O2S. The highest BCUT2D eigenvalue weighted by molar-refractivity contribution is 7.98. The standard InChI is InChI=1S/C17H21N5O2S/c1-4-6-8-10-13(22-24-14(10)12(23)7-5-2)16-19-15-11(9-18-21-15)17(20-16)25-3/h9H,4-8H2,1-3H3,(H,18,19,20,21). The first kappa shape index (κ1) is 17.6. The number of Topliss-reactive ketones (excluding diaryl/α,β-unsaturated/α-hetero) is 1. The number of ketones is 1. The number of unbranched alkanes of at least 4 members (excludes halogenated alkanes) is 1. The van der Waals surface area contributed by atoms with Gasteiger partial charge in [-0.05, 0) is 25.5 Å². The number of hydrogen-bond donors (Lipinski definition) is 1. The van der Waals surface area contributed by atoms with Crippen LogP contribution >= 0.6 is 11.8 Å². The van der Waals surface area contributed by atoms with Gasteiger partial charge in [0.05, 0.1) is 11.6 Å². The molecule has 0 spiro atoms. The summed E-state index contributed by atoms with van der Waals surface area (Å²) in [5.74, 6) is 0.802. The van der Waals surface area contributed by atoms with E-state index in [0.717, 1.165) is 41.7 Å². The van der Waals surface area contributed by atoms with Crippen molar-refractivity contribution in [3.05, 3.63) is 17.5 Å². The summed E-state index contributed by atoms with van der Waals surface area (Å²) in [7, 11) is 0. The first-order valence-electron chi connectivity index (χ1n) is 8.46. The topological polar surface area (TPSA) is 97.6 Å². The van der Waals surface area contributed by atoms with Crippen LogP contribution in [-0.2, 0) is 6.42 Å². The number of aromatic amines is 1. The van der Waals surface area contributed by atoms with Crippen LogP contribution < -0.4 is 0 Å². The highest BCUT2D eigenvalue weighted by Gasteiger charge is 2.24. The van der Waals surface area contributed by atoms with Gasteiger partial charge >= 0.3 is 0 Å². The Balaban J connectivity index is 2.11. The molecule has 0 amide bonds. The Bertz CT molecular complexity index is 886. The summed E-state index contributed by atoms with van der Waals surface area (Å²) in [6, 6.07) is 0. The molecule has 7 nitrogen and oxygen atoms in total. The number of carbonyl (C=O) groups excluding carboxylic acids is 1. The van der Waals surface area contributed by atoms with Gasteiger partial charge < -0.3 is 4.52 Å². The third-order valence-corrected chi connectivity index (χ3v) is 4.68. The second kappa shape index (κ2) is 7.77. The molecule has 3 rings (SSSR count). The molecular weight excluding hydrogens is 338 g/mol. The number of carbonyl (C=O) groups is 1. The van der Waals surface area contributed by atoms with Crippen molar-refractivity contribution in [3.63, 3.8) is 0 Å². The highest BCUT2D eigenvalue weighted by Crippen LogP contribution is 2.30. The van der Waals surface area contributed by atoms with Crippen molar-refractivity contribution in [1.82, 2.24) is 25.3 Å². The molecule has 3 heterocycles. The number of rotatable bonds is 8. The van der Waals surface area contributed by atoms with Gasteiger partial charge in [-0.3, -0.25) is 9.89 Å². The van der Waals surface area contributed by atoms with Gasteiger partial charge in [-0.25, -0.2) is 9.97 Å². The van der Waals surface area contributed by atoms with E-state index >= 15 is 0 Å². The van der Waals surface area contributed by atoms with Crippen molar-refractivity contribution in [1.29, 1.82) is 0 Å². The largest absolute Gasteiger partial charge is 0.352 e. The van der Waals surface area contributed by atoms with E-state index in [2.05, 4.69) is 32.2 Å². The van der Waals surface area contributed by atoms with Gasteiger partial charge in [-0.1, -0.05) is 25.4 Å². The third kappa shape index (κ3) is 3.44. The average Bonchev–Trinajstić information content (AvgIpc) is 3.25. The lowest BCUT2D eigenvalue weighted by Gasteiger charge is -2.04. The predicted octanol–water partition coefficient (Wildman–Crippen LogP) is 4.06. The molecule has 0 radical (unpaired) electrons. The van der Waals surface area contributed by atoms with Crippen molar-refractivity contribution in [3.8, 4) is 11.5 Å². The summed E-state index contributed by atoms with van der Waals surface area (Å²) >= 11 is 1.52. The quantitative estimate of drug-likeness (QED) is 0.368. The Morgan fingerprint density at radius 1 is 1.28 bits per heavy atom. The van der Waals surface area contributed by atoms with Gasteiger partial charge in [-0.2, -0.15) is 5.10 Å². The minimum absolute atomic E-state index is 0.0138. The fourth-order valence-corrected chi connectivity index (χ4v) is 3.25. The number of aromatic nitrogens is 5. The van der Waals surface area contributed by atoms with Crippen LogP contribution in [0.2, 0.25) is 0 Å². The van der Waals surface area contributed by atoms with Crippen LogP contribution in [0.15, 0.2) is 15.7 Å². The summed E-state index contributed by atoms with van der Waals surface area (Å²) in [6.45, 7) is 4.08. The molecule has 0 aromatic carbocycles. The molecule has 0 saturated carbocycles. The van der Waals surface area contributed by atoms with Crippen molar-refractivity contribution in [2.24, 2.45) is 0 Å². The Morgan fingerprint density at radius 3 is 2.84 bits per heavy atom. The first-order chi connectivity index (χ1) is 12.2. The number of thioether (sulfide) groups is 1. The summed E-state index contributed by atoms with van der Waals surface area (Å²) in [4.78, 5) is 21.5. The molecule has 3 aromatic rings. The first-order valence-corrected chi connectivity index (χ1v) is 9.69. The van der Waals surface area contributed by atoms with E-state index in [4.69, 9.17) is 4.52 Å². The predicted molar refractivity (Wildman–Crippen MR) is 96.8 cm³/mol. The molecule has 3 aromatic heterocycles. The van der Waals surface area contributed by atoms with E-state index < -0.39 is 0 Å². The highest BCUT2D eigenvalue weighted by atomic mass is 32.2. The Morgan fingerprint density at radius 2 is 2.12 bits per heavy atom. The smallest absolute Gasteiger partial charge is 0.206 e. The van der Waals surface area contributed by atoms with Crippen LogP contribution in [0.3, 0.4) is 0 Å². The van der Waals surface area contributed by atoms with E-state index in [0.29, 0.717) is 29.3 Å².